The number of aromatic nitrogens is 2. The van der Waals surface area contributed by atoms with Gasteiger partial charge in [0.15, 0.2) is 0 Å². The van der Waals surface area contributed by atoms with Gasteiger partial charge in [-0.3, -0.25) is 4.68 Å². The van der Waals surface area contributed by atoms with Crippen LogP contribution in [0.3, 0.4) is 0 Å². The third-order valence-electron chi connectivity index (χ3n) is 5.92. The van der Waals surface area contributed by atoms with Crippen LogP contribution in [-0.4, -0.2) is 21.5 Å². The van der Waals surface area contributed by atoms with Crippen molar-refractivity contribution < 1.29 is 5.11 Å². The number of hydrogen-bond acceptors (Lipinski definition) is 2. The SMILES string of the molecule is CC(C)[C@H]1CC[C@H](C)c2c(-c3ccc4ccccc4c3)nn(CCO)c21. The van der Waals surface area contributed by atoms with Crippen molar-refractivity contribution in [3.8, 4) is 11.3 Å². The van der Waals surface area contributed by atoms with E-state index in [-0.39, 0.29) is 6.61 Å². The molecule has 0 radical (unpaired) electrons. The third kappa shape index (κ3) is 2.84. The van der Waals surface area contributed by atoms with Gasteiger partial charge in [0, 0.05) is 22.7 Å². The fraction of sp³-hybridized carbons (Fsp3) is 0.435. The van der Waals surface area contributed by atoms with Gasteiger partial charge >= 0.3 is 0 Å². The Bertz CT molecular complexity index is 925. The summed E-state index contributed by atoms with van der Waals surface area (Å²) in [5, 5.41) is 17.1. The largest absolute Gasteiger partial charge is 0.394 e. The van der Waals surface area contributed by atoms with Crippen LogP contribution in [-0.2, 0) is 6.54 Å². The maximum atomic E-state index is 9.57. The molecule has 0 unspecified atom stereocenters. The van der Waals surface area contributed by atoms with Crippen molar-refractivity contribution in [1.82, 2.24) is 9.78 Å². The van der Waals surface area contributed by atoms with E-state index < -0.39 is 0 Å². The number of aliphatic hydroxyl groups is 1. The second-order valence-corrected chi connectivity index (χ2v) is 7.99. The van der Waals surface area contributed by atoms with Crippen LogP contribution >= 0.6 is 0 Å². The molecule has 0 bridgehead atoms. The lowest BCUT2D eigenvalue weighted by Gasteiger charge is -2.31. The van der Waals surface area contributed by atoms with Crippen molar-refractivity contribution in [2.75, 3.05) is 6.61 Å². The highest BCUT2D eigenvalue weighted by Gasteiger charge is 2.34. The molecule has 0 aliphatic heterocycles. The molecule has 3 aromatic rings. The Morgan fingerprint density at radius 3 is 2.62 bits per heavy atom. The molecule has 136 valence electrons. The van der Waals surface area contributed by atoms with Crippen molar-refractivity contribution in [3.63, 3.8) is 0 Å². The Hall–Kier alpha value is -2.13. The predicted molar refractivity (Wildman–Crippen MR) is 107 cm³/mol. The van der Waals surface area contributed by atoms with E-state index in [0.717, 1.165) is 5.69 Å². The zero-order chi connectivity index (χ0) is 18.3. The molecule has 1 aliphatic carbocycles. The lowest BCUT2D eigenvalue weighted by atomic mass is 9.75. The average Bonchev–Trinajstić information content (AvgIpc) is 3.02. The summed E-state index contributed by atoms with van der Waals surface area (Å²) >= 11 is 0. The van der Waals surface area contributed by atoms with Crippen LogP contribution in [0.25, 0.3) is 22.0 Å². The molecule has 4 rings (SSSR count). The zero-order valence-corrected chi connectivity index (χ0v) is 15.9. The molecule has 0 spiro atoms. The fourth-order valence-electron chi connectivity index (χ4n) is 4.54. The summed E-state index contributed by atoms with van der Waals surface area (Å²) in [6, 6.07) is 15.1. The quantitative estimate of drug-likeness (QED) is 0.692. The molecule has 2 aromatic carbocycles. The van der Waals surface area contributed by atoms with Gasteiger partial charge in [0.05, 0.1) is 18.8 Å². The first-order valence-corrected chi connectivity index (χ1v) is 9.80. The van der Waals surface area contributed by atoms with Gasteiger partial charge in [-0.2, -0.15) is 5.10 Å². The number of nitrogens with zero attached hydrogens (tertiary/aromatic N) is 2. The van der Waals surface area contributed by atoms with Crippen LogP contribution in [0.2, 0.25) is 0 Å². The van der Waals surface area contributed by atoms with E-state index in [1.807, 2.05) is 0 Å². The van der Waals surface area contributed by atoms with E-state index in [0.29, 0.717) is 24.3 Å². The Balaban J connectivity index is 1.92. The summed E-state index contributed by atoms with van der Waals surface area (Å²) < 4.78 is 2.08. The zero-order valence-electron chi connectivity index (χ0n) is 15.9. The van der Waals surface area contributed by atoms with Gasteiger partial charge in [-0.15, -0.1) is 0 Å². The second-order valence-electron chi connectivity index (χ2n) is 7.99. The summed E-state index contributed by atoms with van der Waals surface area (Å²) in [6.07, 6.45) is 2.42. The van der Waals surface area contributed by atoms with Crippen LogP contribution in [0.15, 0.2) is 42.5 Å². The Kier molecular flexibility index (Phi) is 4.58. The van der Waals surface area contributed by atoms with Gasteiger partial charge in [-0.25, -0.2) is 0 Å². The normalized spacial score (nSPS) is 19.9. The molecule has 0 fully saturated rings. The summed E-state index contributed by atoms with van der Waals surface area (Å²) in [4.78, 5) is 0. The number of hydrogen-bond donors (Lipinski definition) is 1. The summed E-state index contributed by atoms with van der Waals surface area (Å²) in [5.41, 5.74) is 5.06. The van der Waals surface area contributed by atoms with Crippen molar-refractivity contribution >= 4 is 10.8 Å². The maximum absolute atomic E-state index is 9.57. The first kappa shape index (κ1) is 17.3. The van der Waals surface area contributed by atoms with Crippen molar-refractivity contribution in [3.05, 3.63) is 53.7 Å². The molecule has 0 amide bonds. The summed E-state index contributed by atoms with van der Waals surface area (Å²) in [7, 11) is 0. The highest BCUT2D eigenvalue weighted by Crippen LogP contribution is 2.46. The van der Waals surface area contributed by atoms with Gasteiger partial charge < -0.3 is 5.11 Å². The van der Waals surface area contributed by atoms with Gasteiger partial charge in [-0.05, 0) is 41.5 Å². The van der Waals surface area contributed by atoms with Crippen molar-refractivity contribution in [2.24, 2.45) is 5.92 Å². The molecule has 1 aromatic heterocycles. The minimum absolute atomic E-state index is 0.129. The Morgan fingerprint density at radius 2 is 1.88 bits per heavy atom. The highest BCUT2D eigenvalue weighted by atomic mass is 16.3. The standard InChI is InChI=1S/C23H28N2O/c1-15(2)20-11-8-16(3)21-22(24-25(12-13-26)23(20)21)19-10-9-17-6-4-5-7-18(17)14-19/h4-7,9-10,14-16,20,26H,8,11-13H2,1-3H3/t16-,20+/m0/s1. The van der Waals surface area contributed by atoms with E-state index in [4.69, 9.17) is 5.10 Å². The fourth-order valence-corrected chi connectivity index (χ4v) is 4.54. The molecule has 3 nitrogen and oxygen atoms in total. The third-order valence-corrected chi connectivity index (χ3v) is 5.92. The van der Waals surface area contributed by atoms with E-state index in [2.05, 4.69) is 67.9 Å². The summed E-state index contributed by atoms with van der Waals surface area (Å²) in [5.74, 6) is 1.61. The molecule has 0 saturated heterocycles. The molecule has 1 N–H and O–H groups in total. The minimum atomic E-state index is 0.129. The van der Waals surface area contributed by atoms with E-state index in [9.17, 15) is 5.11 Å². The molecule has 1 heterocycles. The number of fused-ring (bicyclic) bond motifs is 2. The first-order chi connectivity index (χ1) is 12.6. The number of rotatable bonds is 4. The topological polar surface area (TPSA) is 38.0 Å². The minimum Gasteiger partial charge on any atom is -0.394 e. The Morgan fingerprint density at radius 1 is 1.12 bits per heavy atom. The molecule has 1 aliphatic rings. The smallest absolute Gasteiger partial charge is 0.0961 e. The monoisotopic (exact) mass is 348 g/mol. The van der Waals surface area contributed by atoms with Crippen LogP contribution < -0.4 is 0 Å². The van der Waals surface area contributed by atoms with Crippen LogP contribution in [0.4, 0.5) is 0 Å². The van der Waals surface area contributed by atoms with E-state index >= 15 is 0 Å². The van der Waals surface area contributed by atoms with Gasteiger partial charge in [0.25, 0.3) is 0 Å². The molecule has 2 atom stereocenters. The first-order valence-electron chi connectivity index (χ1n) is 9.80. The lowest BCUT2D eigenvalue weighted by molar-refractivity contribution is 0.261. The maximum Gasteiger partial charge on any atom is 0.0961 e. The highest BCUT2D eigenvalue weighted by molar-refractivity contribution is 5.87. The Labute approximate surface area is 155 Å². The van der Waals surface area contributed by atoms with Gasteiger partial charge in [0.1, 0.15) is 0 Å². The summed E-state index contributed by atoms with van der Waals surface area (Å²) in [6.45, 7) is 7.63. The van der Waals surface area contributed by atoms with Crippen molar-refractivity contribution in [1.29, 1.82) is 0 Å². The molecule has 3 heteroatoms. The average molecular weight is 348 g/mol. The number of benzene rings is 2. The number of aliphatic hydroxyl groups excluding tert-OH is 1. The van der Waals surface area contributed by atoms with Gasteiger partial charge in [0.2, 0.25) is 0 Å². The molecular weight excluding hydrogens is 320 g/mol. The van der Waals surface area contributed by atoms with Crippen LogP contribution in [0.5, 0.6) is 0 Å². The lowest BCUT2D eigenvalue weighted by Crippen LogP contribution is -2.21. The molecule has 26 heavy (non-hydrogen) atoms. The predicted octanol–water partition coefficient (Wildman–Crippen LogP) is 5.33. The molecule has 0 saturated carbocycles. The van der Waals surface area contributed by atoms with Crippen LogP contribution in [0, 0.1) is 5.92 Å². The van der Waals surface area contributed by atoms with E-state index in [1.54, 1.807) is 0 Å². The molecular formula is C23H28N2O. The van der Waals surface area contributed by atoms with Crippen LogP contribution in [0.1, 0.15) is 56.7 Å². The van der Waals surface area contributed by atoms with Gasteiger partial charge in [-0.1, -0.05) is 57.2 Å². The van der Waals surface area contributed by atoms with Crippen molar-refractivity contribution in [2.45, 2.75) is 52.0 Å². The second kappa shape index (κ2) is 6.88. The van der Waals surface area contributed by atoms with E-state index in [1.165, 1.54) is 40.4 Å².